The zero-order valence-corrected chi connectivity index (χ0v) is 22.2. The Hall–Kier alpha value is -2.32. The second-order valence-electron chi connectivity index (χ2n) is 9.71. The Labute approximate surface area is 209 Å². The molecule has 0 bridgehead atoms. The lowest BCUT2D eigenvalue weighted by molar-refractivity contribution is -0.713. The summed E-state index contributed by atoms with van der Waals surface area (Å²) in [5, 5.41) is 2.70. The summed E-state index contributed by atoms with van der Waals surface area (Å²) in [6, 6.07) is 0.416. The Kier molecular flexibility index (Phi) is 5.68. The van der Waals surface area contributed by atoms with E-state index in [1.165, 1.54) is 57.5 Å². The van der Waals surface area contributed by atoms with E-state index in [4.69, 9.17) is 9.97 Å². The van der Waals surface area contributed by atoms with Crippen molar-refractivity contribution in [2.75, 3.05) is 37.0 Å². The topological polar surface area (TPSA) is 49.0 Å². The van der Waals surface area contributed by atoms with Crippen molar-refractivity contribution in [3.8, 4) is 0 Å². The van der Waals surface area contributed by atoms with Gasteiger partial charge in [-0.2, -0.15) is 0 Å². The largest absolute Gasteiger partial charge is 0.357 e. The van der Waals surface area contributed by atoms with Crippen LogP contribution in [0.3, 0.4) is 0 Å². The van der Waals surface area contributed by atoms with Crippen LogP contribution in [-0.4, -0.2) is 42.1 Å². The maximum atomic E-state index is 4.99. The number of aromatic nitrogens is 4. The molecule has 4 heterocycles. The minimum absolute atomic E-state index is 0.416. The highest BCUT2D eigenvalue weighted by Gasteiger charge is 2.33. The van der Waals surface area contributed by atoms with E-state index in [1.54, 1.807) is 16.8 Å². The number of hydrogen-bond acceptors (Lipinski definition) is 7. The van der Waals surface area contributed by atoms with Gasteiger partial charge in [0, 0.05) is 29.3 Å². The molecule has 0 saturated heterocycles. The van der Waals surface area contributed by atoms with E-state index in [0.717, 1.165) is 43.0 Å². The lowest BCUT2D eigenvalue weighted by Crippen LogP contribution is -2.46. The first-order valence-corrected chi connectivity index (χ1v) is 14.3. The first kappa shape index (κ1) is 22.2. The van der Waals surface area contributed by atoms with Gasteiger partial charge in [0.15, 0.2) is 0 Å². The Morgan fingerprint density at radius 1 is 0.912 bits per heavy atom. The molecular weight excluding hydrogens is 460 g/mol. The van der Waals surface area contributed by atoms with Crippen molar-refractivity contribution >= 4 is 54.7 Å². The first-order valence-electron chi connectivity index (χ1n) is 12.6. The van der Waals surface area contributed by atoms with Gasteiger partial charge in [0.2, 0.25) is 17.0 Å². The van der Waals surface area contributed by atoms with Crippen LogP contribution in [0.2, 0.25) is 0 Å². The Morgan fingerprint density at radius 2 is 1.65 bits per heavy atom. The minimum atomic E-state index is 0.416. The van der Waals surface area contributed by atoms with Gasteiger partial charge in [0.1, 0.15) is 22.4 Å². The smallest absolute Gasteiger partial charge is 0.235 e. The van der Waals surface area contributed by atoms with Crippen LogP contribution < -0.4 is 14.4 Å². The molecular formula is C26H33N6S2+. The van der Waals surface area contributed by atoms with Crippen LogP contribution in [0.1, 0.15) is 60.0 Å². The van der Waals surface area contributed by atoms with Gasteiger partial charge in [-0.1, -0.05) is 4.98 Å². The van der Waals surface area contributed by atoms with E-state index in [-0.39, 0.29) is 0 Å². The van der Waals surface area contributed by atoms with Crippen LogP contribution in [0, 0.1) is 0 Å². The number of rotatable bonds is 5. The van der Waals surface area contributed by atoms with Crippen LogP contribution in [0.4, 0.5) is 11.6 Å². The van der Waals surface area contributed by atoms with E-state index in [1.807, 2.05) is 22.7 Å². The zero-order valence-electron chi connectivity index (χ0n) is 20.6. The molecule has 6 rings (SSSR count). The van der Waals surface area contributed by atoms with Crippen molar-refractivity contribution in [3.05, 3.63) is 33.5 Å². The van der Waals surface area contributed by atoms with Crippen molar-refractivity contribution in [2.45, 2.75) is 64.8 Å². The Bertz CT molecular complexity index is 1370. The van der Waals surface area contributed by atoms with Crippen LogP contribution >= 0.6 is 22.7 Å². The van der Waals surface area contributed by atoms with Gasteiger partial charge in [-0.25, -0.2) is 14.5 Å². The third kappa shape index (κ3) is 3.40. The van der Waals surface area contributed by atoms with Crippen molar-refractivity contribution in [1.29, 1.82) is 0 Å². The quantitative estimate of drug-likeness (QED) is 0.362. The Morgan fingerprint density at radius 3 is 2.44 bits per heavy atom. The number of thiophene rings is 2. The van der Waals surface area contributed by atoms with Crippen LogP contribution in [0.25, 0.3) is 20.4 Å². The molecule has 2 aliphatic rings. The fourth-order valence-corrected chi connectivity index (χ4v) is 8.45. The predicted molar refractivity (Wildman–Crippen MR) is 143 cm³/mol. The summed E-state index contributed by atoms with van der Waals surface area (Å²) in [6.45, 7) is 6.35. The van der Waals surface area contributed by atoms with Gasteiger partial charge < -0.3 is 4.90 Å². The summed E-state index contributed by atoms with van der Waals surface area (Å²) in [6.07, 6.45) is 12.1. The molecule has 0 fully saturated rings. The average Bonchev–Trinajstić information content (AvgIpc) is 3.42. The van der Waals surface area contributed by atoms with Gasteiger partial charge in [0.25, 0.3) is 0 Å². The SMILES string of the molecule is CCN(CC)c1ncnc2sc3c(c12)CCC([n+]1cnc2sc4c(c2c1N(C)C)CCCC4)C3. The second kappa shape index (κ2) is 8.72. The molecule has 0 aromatic carbocycles. The molecule has 1 unspecified atom stereocenters. The van der Waals surface area contributed by atoms with Crippen molar-refractivity contribution < 1.29 is 4.57 Å². The predicted octanol–water partition coefficient (Wildman–Crippen LogP) is 5.11. The standard InChI is InChI=1S/C26H33N6S2/c1-5-31(6-2)23-21-18-12-11-16(13-20(18)34-24(21)28-14-27-23)32-15-29-25-22(26(32)30(3)4)17-9-7-8-10-19(17)33-25/h14-16H,5-13H2,1-4H3/q+1. The normalized spacial score (nSPS) is 17.7. The number of aryl methyl sites for hydroxylation is 3. The lowest BCUT2D eigenvalue weighted by Gasteiger charge is -2.26. The van der Waals surface area contributed by atoms with E-state index in [9.17, 15) is 0 Å². The molecule has 0 radical (unpaired) electrons. The molecule has 6 nitrogen and oxygen atoms in total. The van der Waals surface area contributed by atoms with Crippen LogP contribution in [0.5, 0.6) is 0 Å². The summed E-state index contributed by atoms with van der Waals surface area (Å²) in [7, 11) is 4.38. The summed E-state index contributed by atoms with van der Waals surface area (Å²) in [5.74, 6) is 2.45. The molecule has 0 aliphatic heterocycles. The highest BCUT2D eigenvalue weighted by Crippen LogP contribution is 2.43. The number of anilines is 2. The van der Waals surface area contributed by atoms with Crippen LogP contribution in [-0.2, 0) is 25.7 Å². The maximum Gasteiger partial charge on any atom is 0.235 e. The van der Waals surface area contributed by atoms with Gasteiger partial charge >= 0.3 is 0 Å². The maximum absolute atomic E-state index is 4.99. The Balaban J connectivity index is 1.44. The van der Waals surface area contributed by atoms with Gasteiger partial charge in [-0.15, -0.1) is 22.7 Å². The van der Waals surface area contributed by atoms with E-state index in [2.05, 4.69) is 53.6 Å². The van der Waals surface area contributed by atoms with Gasteiger partial charge in [-0.3, -0.25) is 4.90 Å². The molecule has 4 aromatic heterocycles. The van der Waals surface area contributed by atoms with Gasteiger partial charge in [0.05, 0.1) is 25.5 Å². The molecule has 0 spiro atoms. The summed E-state index contributed by atoms with van der Waals surface area (Å²) in [4.78, 5) is 24.5. The van der Waals surface area contributed by atoms with E-state index < -0.39 is 0 Å². The lowest BCUT2D eigenvalue weighted by atomic mass is 9.92. The van der Waals surface area contributed by atoms with E-state index >= 15 is 0 Å². The summed E-state index contributed by atoms with van der Waals surface area (Å²) in [5.41, 5.74) is 3.04. The van der Waals surface area contributed by atoms with Crippen LogP contribution in [0.15, 0.2) is 12.7 Å². The third-order valence-electron chi connectivity index (χ3n) is 7.60. The molecule has 2 aliphatic carbocycles. The molecule has 0 amide bonds. The molecule has 8 heteroatoms. The molecule has 4 aromatic rings. The molecule has 34 heavy (non-hydrogen) atoms. The first-order chi connectivity index (χ1) is 16.6. The van der Waals surface area contributed by atoms with Crippen molar-refractivity contribution in [1.82, 2.24) is 15.0 Å². The fourth-order valence-electron chi connectivity index (χ4n) is 5.97. The summed E-state index contributed by atoms with van der Waals surface area (Å²) >= 11 is 3.79. The molecule has 0 saturated carbocycles. The fraction of sp³-hybridized carbons (Fsp3) is 0.538. The monoisotopic (exact) mass is 493 g/mol. The number of nitrogens with zero attached hydrogens (tertiary/aromatic N) is 6. The average molecular weight is 494 g/mol. The molecule has 1 atom stereocenters. The molecule has 178 valence electrons. The van der Waals surface area contributed by atoms with Gasteiger partial charge in [-0.05, 0) is 63.5 Å². The summed E-state index contributed by atoms with van der Waals surface area (Å²) < 4.78 is 2.48. The zero-order chi connectivity index (χ0) is 23.4. The van der Waals surface area contributed by atoms with Crippen molar-refractivity contribution in [3.63, 3.8) is 0 Å². The van der Waals surface area contributed by atoms with Crippen molar-refractivity contribution in [2.24, 2.45) is 0 Å². The minimum Gasteiger partial charge on any atom is -0.357 e. The molecule has 0 N–H and O–H groups in total. The number of hydrogen-bond donors (Lipinski definition) is 0. The second-order valence-corrected chi connectivity index (χ2v) is 11.9. The third-order valence-corrected chi connectivity index (χ3v) is 9.96. The number of fused-ring (bicyclic) bond motifs is 6. The van der Waals surface area contributed by atoms with E-state index in [0.29, 0.717) is 6.04 Å². The highest BCUT2D eigenvalue weighted by molar-refractivity contribution is 7.19. The highest BCUT2D eigenvalue weighted by atomic mass is 32.1.